The van der Waals surface area contributed by atoms with E-state index in [1.54, 1.807) is 30.8 Å². The van der Waals surface area contributed by atoms with Gasteiger partial charge in [0, 0.05) is 38.4 Å². The molecule has 3 aromatic heterocycles. The summed E-state index contributed by atoms with van der Waals surface area (Å²) in [6.45, 7) is 4.73. The highest BCUT2D eigenvalue weighted by Crippen LogP contribution is 2.43. The molecule has 1 fully saturated rings. The molecule has 2 aliphatic heterocycles. The van der Waals surface area contributed by atoms with Gasteiger partial charge in [0.1, 0.15) is 6.17 Å². The molecule has 33 heavy (non-hydrogen) atoms. The number of aromatic nitrogens is 4. The number of hydrogen-bond acceptors (Lipinski definition) is 6. The first-order chi connectivity index (χ1) is 15.7. The fourth-order valence-corrected chi connectivity index (χ4v) is 4.69. The molecule has 0 bridgehead atoms. The minimum Gasteiger partial charge on any atom is -0.347 e. The lowest BCUT2D eigenvalue weighted by molar-refractivity contribution is 0.121. The molecule has 0 aromatic carbocycles. The zero-order valence-electron chi connectivity index (χ0n) is 18.8. The number of alkyl halides is 3. The van der Waals surface area contributed by atoms with Crippen molar-refractivity contribution in [3.8, 4) is 11.3 Å². The predicted molar refractivity (Wildman–Crippen MR) is 123 cm³/mol. The van der Waals surface area contributed by atoms with Crippen molar-refractivity contribution in [3.05, 3.63) is 36.3 Å². The number of likely N-dealkylation sites (tertiary alicyclic amines) is 1. The van der Waals surface area contributed by atoms with Crippen LogP contribution >= 0.6 is 0 Å². The average molecular weight is 460 g/mol. The Hall–Kier alpha value is -3.01. The van der Waals surface area contributed by atoms with Gasteiger partial charge in [-0.1, -0.05) is 0 Å². The highest BCUT2D eigenvalue weighted by atomic mass is 19.3. The lowest BCUT2D eigenvalue weighted by Gasteiger charge is -2.32. The monoisotopic (exact) mass is 459 g/mol. The molecule has 0 amide bonds. The van der Waals surface area contributed by atoms with Crippen LogP contribution in [0.4, 0.5) is 24.8 Å². The van der Waals surface area contributed by atoms with E-state index in [2.05, 4.69) is 20.4 Å². The summed E-state index contributed by atoms with van der Waals surface area (Å²) < 4.78 is 42.6. The predicted octanol–water partition coefficient (Wildman–Crippen LogP) is 4.51. The maximum Gasteiger partial charge on any atom is 0.241 e. The third-order valence-electron chi connectivity index (χ3n) is 6.80. The first-order valence-electron chi connectivity index (χ1n) is 11.0. The first-order valence-corrected chi connectivity index (χ1v) is 11.0. The van der Waals surface area contributed by atoms with Crippen molar-refractivity contribution in [1.29, 1.82) is 0 Å². The van der Waals surface area contributed by atoms with Gasteiger partial charge in [-0.15, -0.1) is 5.10 Å². The number of pyridine rings is 1. The van der Waals surface area contributed by atoms with E-state index < -0.39 is 18.0 Å². The van der Waals surface area contributed by atoms with Crippen LogP contribution in [0.2, 0.25) is 0 Å². The van der Waals surface area contributed by atoms with E-state index in [0.717, 1.165) is 17.6 Å². The summed E-state index contributed by atoms with van der Waals surface area (Å²) in [4.78, 5) is 15.6. The molecule has 0 spiro atoms. The Labute approximate surface area is 191 Å². The minimum atomic E-state index is -2.46. The molecule has 0 saturated carbocycles. The lowest BCUT2D eigenvalue weighted by Crippen LogP contribution is -2.46. The highest BCUT2D eigenvalue weighted by molar-refractivity contribution is 5.99. The topological polar surface area (TPSA) is 70.7 Å². The Morgan fingerprint density at radius 3 is 2.88 bits per heavy atom. The van der Waals surface area contributed by atoms with Gasteiger partial charge in [-0.05, 0) is 45.5 Å². The Bertz CT molecular complexity index is 1230. The van der Waals surface area contributed by atoms with E-state index in [4.69, 9.17) is 4.98 Å². The number of nitrogens with zero attached hydrogens (tertiary/aromatic N) is 6. The fraction of sp³-hybridized carbons (Fsp3) is 0.478. The van der Waals surface area contributed by atoms with Crippen LogP contribution in [-0.4, -0.2) is 69.0 Å². The maximum atomic E-state index is 14.4. The third kappa shape index (κ3) is 3.86. The van der Waals surface area contributed by atoms with Crippen molar-refractivity contribution in [2.45, 2.75) is 50.7 Å². The molecule has 1 N–H and O–H groups in total. The van der Waals surface area contributed by atoms with Gasteiger partial charge in [-0.3, -0.25) is 4.99 Å². The van der Waals surface area contributed by atoms with Crippen molar-refractivity contribution in [2.24, 2.45) is 4.99 Å². The molecule has 176 valence electrons. The van der Waals surface area contributed by atoms with Gasteiger partial charge >= 0.3 is 0 Å². The summed E-state index contributed by atoms with van der Waals surface area (Å²) >= 11 is 0. The quantitative estimate of drug-likeness (QED) is 0.608. The Morgan fingerprint density at radius 2 is 2.12 bits per heavy atom. The number of anilines is 1. The smallest absolute Gasteiger partial charge is 0.241 e. The molecule has 1 unspecified atom stereocenters. The van der Waals surface area contributed by atoms with Crippen LogP contribution < -0.4 is 5.32 Å². The van der Waals surface area contributed by atoms with Crippen molar-refractivity contribution >= 4 is 22.9 Å². The summed E-state index contributed by atoms with van der Waals surface area (Å²) in [5, 5.41) is 7.60. The number of rotatable bonds is 5. The summed E-state index contributed by atoms with van der Waals surface area (Å²) in [7, 11) is 1.91. The second-order valence-corrected chi connectivity index (χ2v) is 9.15. The molecule has 3 aromatic rings. The molecule has 5 rings (SSSR count). The average Bonchev–Trinajstić information content (AvgIpc) is 3.28. The Kier molecular flexibility index (Phi) is 5.35. The number of halogens is 3. The normalized spacial score (nSPS) is 25.5. The van der Waals surface area contributed by atoms with Crippen LogP contribution in [0.1, 0.15) is 33.8 Å². The summed E-state index contributed by atoms with van der Waals surface area (Å²) in [6.07, 6.45) is 0.350. The number of fused-ring (bicyclic) bond motifs is 2. The lowest BCUT2D eigenvalue weighted by atomic mass is 9.80. The van der Waals surface area contributed by atoms with Crippen molar-refractivity contribution in [3.63, 3.8) is 0 Å². The molecule has 2 aliphatic rings. The molecule has 1 saturated heterocycles. The van der Waals surface area contributed by atoms with Crippen molar-refractivity contribution in [2.75, 3.05) is 25.5 Å². The standard InChI is InChI=1S/C23H26F3N7.H2/c1-13-23(2,10-20(25)26)21-18(28-13)5-4-16(29-21)14-6-9-33-19(14)11-27-22(31-33)30-17-7-8-32(3)12-15(17)24;/h4-6,9,11,15,17,20H,7-8,10,12H2,1-3H3,(H,30,31);1H/t15-,17+,23?;/m1./s1. The van der Waals surface area contributed by atoms with Gasteiger partial charge in [0.15, 0.2) is 0 Å². The van der Waals surface area contributed by atoms with Gasteiger partial charge in [0.05, 0.1) is 40.2 Å². The van der Waals surface area contributed by atoms with Crippen LogP contribution in [0.25, 0.3) is 16.8 Å². The van der Waals surface area contributed by atoms with Crippen LogP contribution in [0.5, 0.6) is 0 Å². The number of hydrogen-bond donors (Lipinski definition) is 1. The molecule has 7 nitrogen and oxygen atoms in total. The van der Waals surface area contributed by atoms with Crippen LogP contribution in [-0.2, 0) is 5.41 Å². The fourth-order valence-electron chi connectivity index (χ4n) is 4.69. The van der Waals surface area contributed by atoms with Crippen molar-refractivity contribution < 1.29 is 14.6 Å². The summed E-state index contributed by atoms with van der Waals surface area (Å²) in [6, 6.07) is 5.18. The SMILES string of the molecule is CC1=Nc2ccc(-c3ccn4nc(N[C@H]5CCN(C)C[C@H]5F)ncc34)nc2C1(C)CC(F)F.[HH]. The van der Waals surface area contributed by atoms with E-state index in [-0.39, 0.29) is 13.9 Å². The highest BCUT2D eigenvalue weighted by Gasteiger charge is 2.41. The molecule has 5 heterocycles. The van der Waals surface area contributed by atoms with Gasteiger partial charge in [-0.25, -0.2) is 27.7 Å². The number of piperidine rings is 1. The van der Waals surface area contributed by atoms with E-state index in [9.17, 15) is 13.2 Å². The van der Waals surface area contributed by atoms with Gasteiger partial charge in [-0.2, -0.15) is 0 Å². The van der Waals surface area contributed by atoms with Crippen LogP contribution in [0.3, 0.4) is 0 Å². The van der Waals surface area contributed by atoms with E-state index >= 15 is 0 Å². The van der Waals surface area contributed by atoms with Crippen LogP contribution in [0, 0.1) is 0 Å². The Balaban J connectivity index is 0.00000274. The van der Waals surface area contributed by atoms with Crippen LogP contribution in [0.15, 0.2) is 35.6 Å². The molecular formula is C23H28F3N7. The Morgan fingerprint density at radius 1 is 1.30 bits per heavy atom. The van der Waals surface area contributed by atoms with Crippen molar-refractivity contribution in [1.82, 2.24) is 24.5 Å². The first kappa shape index (κ1) is 21.8. The third-order valence-corrected chi connectivity index (χ3v) is 6.80. The molecule has 0 aliphatic carbocycles. The second-order valence-electron chi connectivity index (χ2n) is 9.15. The number of nitrogens with one attached hydrogen (secondary N) is 1. The summed E-state index contributed by atoms with van der Waals surface area (Å²) in [5.41, 5.74) is 3.08. The van der Waals surface area contributed by atoms with Gasteiger partial charge in [0.25, 0.3) is 0 Å². The molecule has 3 atom stereocenters. The number of aliphatic imine (C=N–C) groups is 1. The van der Waals surface area contributed by atoms with E-state index in [0.29, 0.717) is 41.7 Å². The minimum absolute atomic E-state index is 0. The zero-order valence-corrected chi connectivity index (χ0v) is 18.8. The molecule has 0 radical (unpaired) electrons. The molecule has 10 heteroatoms. The maximum absolute atomic E-state index is 14.4. The van der Waals surface area contributed by atoms with E-state index in [1.165, 1.54) is 0 Å². The van der Waals surface area contributed by atoms with Gasteiger partial charge in [0.2, 0.25) is 12.4 Å². The molecular weight excluding hydrogens is 431 g/mol. The van der Waals surface area contributed by atoms with E-state index in [1.807, 2.05) is 30.1 Å². The van der Waals surface area contributed by atoms with Gasteiger partial charge < -0.3 is 10.2 Å². The summed E-state index contributed by atoms with van der Waals surface area (Å²) in [5.74, 6) is 0.359. The zero-order chi connectivity index (χ0) is 23.3. The second kappa shape index (κ2) is 8.09. The largest absolute Gasteiger partial charge is 0.347 e.